The highest BCUT2D eigenvalue weighted by Crippen LogP contribution is 2.17. The minimum absolute atomic E-state index is 0.0671. The third-order valence-corrected chi connectivity index (χ3v) is 3.50. The number of para-hydroxylation sites is 1. The van der Waals surface area contributed by atoms with Crippen molar-refractivity contribution in [2.24, 2.45) is 0 Å². The predicted molar refractivity (Wildman–Crippen MR) is 88.8 cm³/mol. The first kappa shape index (κ1) is 16.6. The monoisotopic (exact) mass is 308 g/mol. The first-order chi connectivity index (χ1) is 11.1. The Hall–Kier alpha value is -2.80. The van der Waals surface area contributed by atoms with Crippen LogP contribution in [0, 0.1) is 11.3 Å². The largest absolute Gasteiger partial charge is 0.482 e. The zero-order valence-electron chi connectivity index (χ0n) is 13.4. The molecule has 0 fully saturated rings. The average molecular weight is 308 g/mol. The highest BCUT2D eigenvalue weighted by atomic mass is 16.5. The summed E-state index contributed by atoms with van der Waals surface area (Å²) in [7, 11) is 0. The molecule has 23 heavy (non-hydrogen) atoms. The summed E-state index contributed by atoms with van der Waals surface area (Å²) < 4.78 is 5.54. The van der Waals surface area contributed by atoms with Crippen LogP contribution >= 0.6 is 0 Å². The van der Waals surface area contributed by atoms with Gasteiger partial charge in [0.2, 0.25) is 0 Å². The SMILES string of the molecule is CC(C)N(Cc1ccccc1)C(=O)COc1ccccc1C#N. The summed E-state index contributed by atoms with van der Waals surface area (Å²) in [5.41, 5.74) is 1.51. The van der Waals surface area contributed by atoms with Crippen molar-refractivity contribution in [3.63, 3.8) is 0 Å². The van der Waals surface area contributed by atoms with Gasteiger partial charge in [-0.15, -0.1) is 0 Å². The molecule has 0 aliphatic heterocycles. The smallest absolute Gasteiger partial charge is 0.261 e. The molecule has 0 aliphatic rings. The predicted octanol–water partition coefficient (Wildman–Crippen LogP) is 3.37. The number of amides is 1. The molecule has 2 aromatic carbocycles. The van der Waals surface area contributed by atoms with Crippen molar-refractivity contribution in [1.29, 1.82) is 5.26 Å². The van der Waals surface area contributed by atoms with E-state index in [1.54, 1.807) is 29.2 Å². The summed E-state index contributed by atoms with van der Waals surface area (Å²) in [5.74, 6) is 0.336. The molecule has 2 aromatic rings. The number of nitrogens with zero attached hydrogens (tertiary/aromatic N) is 2. The van der Waals surface area contributed by atoms with Gasteiger partial charge in [0, 0.05) is 12.6 Å². The Labute approximate surface area is 136 Å². The van der Waals surface area contributed by atoms with Crippen LogP contribution in [0.2, 0.25) is 0 Å². The minimum Gasteiger partial charge on any atom is -0.482 e. The van der Waals surface area contributed by atoms with Crippen molar-refractivity contribution < 1.29 is 9.53 Å². The van der Waals surface area contributed by atoms with E-state index in [2.05, 4.69) is 6.07 Å². The van der Waals surface area contributed by atoms with Crippen LogP contribution in [0.1, 0.15) is 25.0 Å². The van der Waals surface area contributed by atoms with Crippen molar-refractivity contribution in [1.82, 2.24) is 4.90 Å². The summed E-state index contributed by atoms with van der Waals surface area (Å²) in [6.07, 6.45) is 0. The van der Waals surface area contributed by atoms with Crippen LogP contribution in [0.25, 0.3) is 0 Å². The topological polar surface area (TPSA) is 53.3 Å². The number of hydrogen-bond acceptors (Lipinski definition) is 3. The van der Waals surface area contributed by atoms with Gasteiger partial charge in [-0.05, 0) is 31.5 Å². The van der Waals surface area contributed by atoms with Gasteiger partial charge in [0.05, 0.1) is 5.56 Å². The quantitative estimate of drug-likeness (QED) is 0.822. The number of rotatable bonds is 6. The highest BCUT2D eigenvalue weighted by Gasteiger charge is 2.18. The van der Waals surface area contributed by atoms with Gasteiger partial charge >= 0.3 is 0 Å². The number of hydrogen-bond donors (Lipinski definition) is 0. The van der Waals surface area contributed by atoms with Gasteiger partial charge in [-0.3, -0.25) is 4.79 Å². The first-order valence-corrected chi connectivity index (χ1v) is 7.57. The molecule has 4 nitrogen and oxygen atoms in total. The standard InChI is InChI=1S/C19H20N2O2/c1-15(2)21(13-16-8-4-3-5-9-16)19(22)14-23-18-11-7-6-10-17(18)12-20/h3-11,15H,13-14H2,1-2H3. The van der Waals surface area contributed by atoms with Crippen LogP contribution in [-0.4, -0.2) is 23.5 Å². The summed E-state index contributed by atoms with van der Waals surface area (Å²) in [6, 6.07) is 18.9. The number of benzene rings is 2. The van der Waals surface area contributed by atoms with Gasteiger partial charge in [0.15, 0.2) is 6.61 Å². The number of carbonyl (C=O) groups is 1. The van der Waals surface area contributed by atoms with E-state index in [4.69, 9.17) is 10.00 Å². The molecular formula is C19H20N2O2. The Morgan fingerprint density at radius 3 is 2.43 bits per heavy atom. The molecule has 2 rings (SSSR count). The van der Waals surface area contributed by atoms with Gasteiger partial charge in [-0.2, -0.15) is 5.26 Å². The van der Waals surface area contributed by atoms with Crippen LogP contribution in [0.4, 0.5) is 0 Å². The fourth-order valence-corrected chi connectivity index (χ4v) is 2.25. The maximum atomic E-state index is 12.5. The lowest BCUT2D eigenvalue weighted by atomic mass is 10.2. The van der Waals surface area contributed by atoms with Gasteiger partial charge in [0.1, 0.15) is 11.8 Å². The lowest BCUT2D eigenvalue weighted by Gasteiger charge is -2.27. The van der Waals surface area contributed by atoms with E-state index in [-0.39, 0.29) is 18.6 Å². The van der Waals surface area contributed by atoms with E-state index in [9.17, 15) is 4.79 Å². The molecule has 0 bridgehead atoms. The average Bonchev–Trinajstić information content (AvgIpc) is 2.58. The second-order valence-corrected chi connectivity index (χ2v) is 5.50. The van der Waals surface area contributed by atoms with Crippen molar-refractivity contribution in [3.8, 4) is 11.8 Å². The van der Waals surface area contributed by atoms with E-state index in [0.717, 1.165) is 5.56 Å². The lowest BCUT2D eigenvalue weighted by Crippen LogP contribution is -2.39. The molecule has 0 atom stereocenters. The zero-order valence-corrected chi connectivity index (χ0v) is 13.4. The van der Waals surface area contributed by atoms with Gasteiger partial charge in [-0.1, -0.05) is 42.5 Å². The third kappa shape index (κ3) is 4.58. The first-order valence-electron chi connectivity index (χ1n) is 7.57. The molecule has 0 radical (unpaired) electrons. The summed E-state index contributed by atoms with van der Waals surface area (Å²) in [6.45, 7) is 4.42. The Morgan fingerprint density at radius 2 is 1.78 bits per heavy atom. The number of nitriles is 1. The molecule has 0 spiro atoms. The Bertz CT molecular complexity index is 690. The molecule has 118 valence electrons. The van der Waals surface area contributed by atoms with E-state index in [1.807, 2.05) is 44.2 Å². The van der Waals surface area contributed by atoms with Gasteiger partial charge in [-0.25, -0.2) is 0 Å². The molecule has 0 unspecified atom stereocenters. The Morgan fingerprint density at radius 1 is 1.13 bits per heavy atom. The Balaban J connectivity index is 2.03. The second-order valence-electron chi connectivity index (χ2n) is 5.50. The van der Waals surface area contributed by atoms with Crippen LogP contribution in [0.15, 0.2) is 54.6 Å². The van der Waals surface area contributed by atoms with E-state index in [1.165, 1.54) is 0 Å². The number of carbonyl (C=O) groups excluding carboxylic acids is 1. The molecule has 0 aliphatic carbocycles. The van der Waals surface area contributed by atoms with Crippen LogP contribution in [-0.2, 0) is 11.3 Å². The third-order valence-electron chi connectivity index (χ3n) is 3.50. The van der Waals surface area contributed by atoms with E-state index in [0.29, 0.717) is 17.9 Å². The lowest BCUT2D eigenvalue weighted by molar-refractivity contribution is -0.135. The van der Waals surface area contributed by atoms with Crippen molar-refractivity contribution in [3.05, 3.63) is 65.7 Å². The molecule has 4 heteroatoms. The van der Waals surface area contributed by atoms with Crippen LogP contribution in [0.5, 0.6) is 5.75 Å². The fourth-order valence-electron chi connectivity index (χ4n) is 2.25. The molecule has 0 heterocycles. The minimum atomic E-state index is -0.100. The summed E-state index contributed by atoms with van der Waals surface area (Å²) in [4.78, 5) is 14.2. The second kappa shape index (κ2) is 8.00. The van der Waals surface area contributed by atoms with Crippen molar-refractivity contribution >= 4 is 5.91 Å². The van der Waals surface area contributed by atoms with Crippen LogP contribution in [0.3, 0.4) is 0 Å². The molecule has 0 saturated heterocycles. The van der Waals surface area contributed by atoms with E-state index >= 15 is 0 Å². The van der Waals surface area contributed by atoms with Gasteiger partial charge in [0.25, 0.3) is 5.91 Å². The normalized spacial score (nSPS) is 10.2. The van der Waals surface area contributed by atoms with Crippen molar-refractivity contribution in [2.75, 3.05) is 6.61 Å². The maximum Gasteiger partial charge on any atom is 0.261 e. The molecule has 0 N–H and O–H groups in total. The summed E-state index contributed by atoms with van der Waals surface area (Å²) >= 11 is 0. The molecule has 1 amide bonds. The zero-order chi connectivity index (χ0) is 16.7. The summed E-state index contributed by atoms with van der Waals surface area (Å²) in [5, 5.41) is 9.05. The van der Waals surface area contributed by atoms with E-state index < -0.39 is 0 Å². The Kier molecular flexibility index (Phi) is 5.76. The molecule has 0 aromatic heterocycles. The number of ether oxygens (including phenoxy) is 1. The molecular weight excluding hydrogens is 288 g/mol. The fraction of sp³-hybridized carbons (Fsp3) is 0.263. The van der Waals surface area contributed by atoms with Crippen molar-refractivity contribution in [2.45, 2.75) is 26.4 Å². The van der Waals surface area contributed by atoms with Crippen LogP contribution < -0.4 is 4.74 Å². The van der Waals surface area contributed by atoms with Gasteiger partial charge < -0.3 is 9.64 Å². The highest BCUT2D eigenvalue weighted by molar-refractivity contribution is 5.78. The molecule has 0 saturated carbocycles. The maximum absolute atomic E-state index is 12.5.